The van der Waals surface area contributed by atoms with Gasteiger partial charge < -0.3 is 10.3 Å². The summed E-state index contributed by atoms with van der Waals surface area (Å²) in [7, 11) is 1.94. The summed E-state index contributed by atoms with van der Waals surface area (Å²) in [5.41, 5.74) is 9.20. The number of halogens is 1. The second kappa shape index (κ2) is 5.75. The number of nitrogens with two attached hydrogens (primary N) is 1. The summed E-state index contributed by atoms with van der Waals surface area (Å²) in [6, 6.07) is -0.128. The maximum atomic E-state index is 6.39. The second-order valence-corrected chi connectivity index (χ2v) is 4.99. The molecule has 0 aromatic carbocycles. The van der Waals surface area contributed by atoms with Crippen molar-refractivity contribution in [2.75, 3.05) is 0 Å². The molecule has 0 bridgehead atoms. The van der Waals surface area contributed by atoms with Gasteiger partial charge in [-0.2, -0.15) is 5.10 Å². The Hall–Kier alpha value is -1.33. The predicted octanol–water partition coefficient (Wildman–Crippen LogP) is 2.09. The third kappa shape index (κ3) is 2.67. The Kier molecular flexibility index (Phi) is 4.27. The molecule has 0 spiro atoms. The minimum absolute atomic E-state index is 0.128. The van der Waals surface area contributed by atoms with Gasteiger partial charge in [0.1, 0.15) is 0 Å². The van der Waals surface area contributed by atoms with Crippen molar-refractivity contribution in [2.45, 2.75) is 39.3 Å². The molecule has 2 aromatic heterocycles. The molecular weight excluding hydrogens is 262 g/mol. The molecule has 19 heavy (non-hydrogen) atoms. The molecule has 104 valence electrons. The maximum absolute atomic E-state index is 6.39. The maximum Gasteiger partial charge on any atom is 0.0946 e. The van der Waals surface area contributed by atoms with Crippen molar-refractivity contribution >= 4 is 11.6 Å². The molecule has 2 rings (SSSR count). The largest absolute Gasteiger partial charge is 0.336 e. The zero-order valence-corrected chi connectivity index (χ0v) is 12.4. The van der Waals surface area contributed by atoms with Crippen LogP contribution in [0.15, 0.2) is 12.5 Å². The van der Waals surface area contributed by atoms with Gasteiger partial charge in [-0.15, -0.1) is 0 Å². The summed E-state index contributed by atoms with van der Waals surface area (Å²) in [6.07, 6.45) is 5.05. The molecular formula is C13H20ClN5. The van der Waals surface area contributed by atoms with Crippen molar-refractivity contribution in [1.29, 1.82) is 0 Å². The van der Waals surface area contributed by atoms with E-state index in [0.717, 1.165) is 35.1 Å². The Bertz CT molecular complexity index is 557. The fraction of sp³-hybridized carbons (Fsp3) is 0.538. The molecule has 0 aliphatic rings. The van der Waals surface area contributed by atoms with Gasteiger partial charge in [-0.1, -0.05) is 18.5 Å². The van der Waals surface area contributed by atoms with Crippen LogP contribution in [0.3, 0.4) is 0 Å². The molecule has 2 heterocycles. The predicted molar refractivity (Wildman–Crippen MR) is 76.1 cm³/mol. The van der Waals surface area contributed by atoms with Crippen LogP contribution in [0.2, 0.25) is 5.02 Å². The molecule has 0 saturated carbocycles. The summed E-state index contributed by atoms with van der Waals surface area (Å²) in [6.45, 7) is 4.91. The number of imidazole rings is 1. The Morgan fingerprint density at radius 2 is 2.16 bits per heavy atom. The van der Waals surface area contributed by atoms with E-state index in [9.17, 15) is 0 Å². The molecule has 2 aromatic rings. The van der Waals surface area contributed by atoms with Crippen LogP contribution in [0.25, 0.3) is 0 Å². The molecule has 0 aliphatic heterocycles. The van der Waals surface area contributed by atoms with Gasteiger partial charge in [0.05, 0.1) is 34.5 Å². The van der Waals surface area contributed by atoms with Gasteiger partial charge in [-0.25, -0.2) is 4.98 Å². The van der Waals surface area contributed by atoms with Gasteiger partial charge >= 0.3 is 0 Å². The Morgan fingerprint density at radius 1 is 1.42 bits per heavy atom. The lowest BCUT2D eigenvalue weighted by atomic mass is 10.1. The van der Waals surface area contributed by atoms with Gasteiger partial charge in [0.25, 0.3) is 0 Å². The van der Waals surface area contributed by atoms with E-state index >= 15 is 0 Å². The Labute approximate surface area is 118 Å². The quantitative estimate of drug-likeness (QED) is 0.913. The summed E-state index contributed by atoms with van der Waals surface area (Å²) in [5.74, 6) is 0. The van der Waals surface area contributed by atoms with Crippen LogP contribution in [-0.4, -0.2) is 19.3 Å². The first-order valence-corrected chi connectivity index (χ1v) is 6.92. The Morgan fingerprint density at radius 3 is 2.68 bits per heavy atom. The zero-order valence-electron chi connectivity index (χ0n) is 11.6. The van der Waals surface area contributed by atoms with Crippen LogP contribution in [0.4, 0.5) is 0 Å². The minimum Gasteiger partial charge on any atom is -0.336 e. The fourth-order valence-electron chi connectivity index (χ4n) is 2.25. The van der Waals surface area contributed by atoms with Gasteiger partial charge in [0, 0.05) is 26.2 Å². The monoisotopic (exact) mass is 281 g/mol. The summed E-state index contributed by atoms with van der Waals surface area (Å²) >= 11 is 6.39. The number of nitrogens with zero attached hydrogens (tertiary/aromatic N) is 4. The highest BCUT2D eigenvalue weighted by Crippen LogP contribution is 2.25. The van der Waals surface area contributed by atoms with Crippen LogP contribution < -0.4 is 5.73 Å². The average molecular weight is 282 g/mol. The lowest BCUT2D eigenvalue weighted by molar-refractivity contribution is 0.572. The lowest BCUT2D eigenvalue weighted by Crippen LogP contribution is -2.18. The number of hydrogen-bond acceptors (Lipinski definition) is 3. The highest BCUT2D eigenvalue weighted by atomic mass is 35.5. The highest BCUT2D eigenvalue weighted by Gasteiger charge is 2.19. The number of hydrogen-bond donors (Lipinski definition) is 1. The molecule has 6 heteroatoms. The second-order valence-electron chi connectivity index (χ2n) is 4.62. The molecule has 1 atom stereocenters. The van der Waals surface area contributed by atoms with Crippen LogP contribution in [0, 0.1) is 0 Å². The minimum atomic E-state index is -0.128. The van der Waals surface area contributed by atoms with E-state index in [1.54, 1.807) is 12.5 Å². The zero-order chi connectivity index (χ0) is 14.0. The molecule has 0 aliphatic carbocycles. The van der Waals surface area contributed by atoms with Gasteiger partial charge in [-0.3, -0.25) is 4.68 Å². The van der Waals surface area contributed by atoms with Crippen molar-refractivity contribution in [3.05, 3.63) is 34.6 Å². The van der Waals surface area contributed by atoms with E-state index in [-0.39, 0.29) is 6.04 Å². The van der Waals surface area contributed by atoms with Crippen molar-refractivity contribution in [2.24, 2.45) is 12.8 Å². The van der Waals surface area contributed by atoms with Crippen molar-refractivity contribution in [1.82, 2.24) is 19.3 Å². The average Bonchev–Trinajstić information content (AvgIpc) is 2.95. The number of rotatable bonds is 5. The third-order valence-corrected chi connectivity index (χ3v) is 3.78. The van der Waals surface area contributed by atoms with Gasteiger partial charge in [0.2, 0.25) is 0 Å². The van der Waals surface area contributed by atoms with E-state index < -0.39 is 0 Å². The van der Waals surface area contributed by atoms with E-state index in [1.165, 1.54) is 0 Å². The van der Waals surface area contributed by atoms with Gasteiger partial charge in [0.15, 0.2) is 0 Å². The first-order valence-electron chi connectivity index (χ1n) is 6.54. The Balaban J connectivity index is 2.28. The first-order chi connectivity index (χ1) is 9.08. The van der Waals surface area contributed by atoms with E-state index in [4.69, 9.17) is 17.3 Å². The van der Waals surface area contributed by atoms with Crippen LogP contribution in [0.1, 0.15) is 37.0 Å². The van der Waals surface area contributed by atoms with Crippen LogP contribution >= 0.6 is 11.6 Å². The lowest BCUT2D eigenvalue weighted by Gasteiger charge is -2.13. The normalized spacial score (nSPS) is 12.9. The van der Waals surface area contributed by atoms with E-state index in [2.05, 4.69) is 23.9 Å². The van der Waals surface area contributed by atoms with Gasteiger partial charge in [-0.05, 0) is 13.3 Å². The smallest absolute Gasteiger partial charge is 0.0946 e. The van der Waals surface area contributed by atoms with Crippen LogP contribution in [0.5, 0.6) is 0 Å². The molecule has 0 fully saturated rings. The molecule has 0 radical (unpaired) electrons. The molecule has 1 unspecified atom stereocenters. The SMILES string of the molecule is CCc1nn(CC)c(CC(N)c2cncn2C)c1Cl. The molecule has 2 N–H and O–H groups in total. The topological polar surface area (TPSA) is 61.7 Å². The summed E-state index contributed by atoms with van der Waals surface area (Å²) in [5, 5.41) is 5.26. The first kappa shape index (κ1) is 14.1. The van der Waals surface area contributed by atoms with Crippen molar-refractivity contribution < 1.29 is 0 Å². The fourth-order valence-corrected chi connectivity index (χ4v) is 2.60. The standard InChI is InChI=1S/C13H20ClN5/c1-4-10-13(14)11(19(5-2)17-10)6-9(15)12-7-16-8-18(12)3/h7-9H,4-6,15H2,1-3H3. The highest BCUT2D eigenvalue weighted by molar-refractivity contribution is 6.31. The molecule has 0 saturated heterocycles. The summed E-state index contributed by atoms with van der Waals surface area (Å²) in [4.78, 5) is 4.10. The van der Waals surface area contributed by atoms with E-state index in [1.807, 2.05) is 16.3 Å². The van der Waals surface area contributed by atoms with Crippen LogP contribution in [-0.2, 0) is 26.4 Å². The molecule has 0 amide bonds. The summed E-state index contributed by atoms with van der Waals surface area (Å²) < 4.78 is 3.88. The number of aryl methyl sites for hydroxylation is 3. The van der Waals surface area contributed by atoms with Crippen molar-refractivity contribution in [3.8, 4) is 0 Å². The molecule has 5 nitrogen and oxygen atoms in total. The third-order valence-electron chi connectivity index (χ3n) is 3.34. The van der Waals surface area contributed by atoms with Crippen molar-refractivity contribution in [3.63, 3.8) is 0 Å². The van der Waals surface area contributed by atoms with E-state index in [0.29, 0.717) is 6.42 Å². The number of aromatic nitrogens is 4.